The monoisotopic (exact) mass is 178 g/mol. The molecule has 0 amide bonds. The first kappa shape index (κ1) is 9.64. The van der Waals surface area contributed by atoms with Gasteiger partial charge < -0.3 is 5.73 Å². The van der Waals surface area contributed by atoms with Gasteiger partial charge in [0.25, 0.3) is 0 Å². The van der Waals surface area contributed by atoms with Crippen LogP contribution in [0.3, 0.4) is 0 Å². The van der Waals surface area contributed by atoms with Crippen LogP contribution >= 0.6 is 0 Å². The summed E-state index contributed by atoms with van der Waals surface area (Å²) in [6, 6.07) is 0. The highest BCUT2D eigenvalue weighted by Crippen LogP contribution is 2.21. The molecule has 0 aliphatic rings. The van der Waals surface area contributed by atoms with Crippen LogP contribution in [-0.2, 0) is 0 Å². The smallest absolute Gasteiger partial charge is 0.153 e. The third kappa shape index (κ3) is 2.50. The summed E-state index contributed by atoms with van der Waals surface area (Å²) in [4.78, 5) is 12.1. The molecular formula is C9H14N4. The van der Waals surface area contributed by atoms with E-state index in [4.69, 9.17) is 5.73 Å². The largest absolute Gasteiger partial charge is 0.382 e. The van der Waals surface area contributed by atoms with Gasteiger partial charge in [-0.3, -0.25) is 4.99 Å². The molecule has 4 nitrogen and oxygen atoms in total. The van der Waals surface area contributed by atoms with Gasteiger partial charge in [0.2, 0.25) is 0 Å². The molecule has 1 rings (SSSR count). The Morgan fingerprint density at radius 2 is 2.15 bits per heavy atom. The number of nitrogen functional groups attached to an aromatic ring is 1. The zero-order chi connectivity index (χ0) is 9.84. The first-order valence-electron chi connectivity index (χ1n) is 4.22. The Balaban J connectivity index is 3.00. The van der Waals surface area contributed by atoms with Crippen molar-refractivity contribution >= 4 is 17.7 Å². The molecule has 4 heteroatoms. The second-order valence-corrected chi connectivity index (χ2v) is 3.22. The summed E-state index contributed by atoms with van der Waals surface area (Å²) in [6.07, 6.45) is 3.28. The van der Waals surface area contributed by atoms with E-state index in [0.717, 1.165) is 5.69 Å². The van der Waals surface area contributed by atoms with Gasteiger partial charge in [0.1, 0.15) is 12.0 Å². The minimum absolute atomic E-state index is 0.402. The fraction of sp³-hybridized carbons (Fsp3) is 0.444. The van der Waals surface area contributed by atoms with E-state index in [0.29, 0.717) is 17.4 Å². The van der Waals surface area contributed by atoms with E-state index in [-0.39, 0.29) is 0 Å². The third-order valence-corrected chi connectivity index (χ3v) is 1.54. The van der Waals surface area contributed by atoms with Crippen LogP contribution in [0.25, 0.3) is 0 Å². The number of nitrogens with two attached hydrogens (primary N) is 1. The lowest BCUT2D eigenvalue weighted by atomic mass is 10.2. The van der Waals surface area contributed by atoms with Crippen molar-refractivity contribution in [3.63, 3.8) is 0 Å². The lowest BCUT2D eigenvalue weighted by Gasteiger charge is -2.01. The lowest BCUT2D eigenvalue weighted by Crippen LogP contribution is -1.95. The zero-order valence-electron chi connectivity index (χ0n) is 8.15. The first-order chi connectivity index (χ1) is 6.11. The van der Waals surface area contributed by atoms with Crippen LogP contribution in [-0.4, -0.2) is 16.2 Å². The van der Waals surface area contributed by atoms with Gasteiger partial charge in [-0.05, 0) is 12.8 Å². The van der Waals surface area contributed by atoms with Crippen molar-refractivity contribution in [3.8, 4) is 0 Å². The molecule has 0 aliphatic heterocycles. The van der Waals surface area contributed by atoms with Crippen molar-refractivity contribution in [2.75, 3.05) is 5.73 Å². The molecule has 70 valence electrons. The molecule has 0 fully saturated rings. The SMILES string of the molecule is Cc1ncnc(N)c1/N=C\C(C)C. The molecular weight excluding hydrogens is 164 g/mol. The fourth-order valence-corrected chi connectivity index (χ4v) is 0.868. The molecule has 0 atom stereocenters. The fourth-order valence-electron chi connectivity index (χ4n) is 0.868. The number of hydrogen-bond donors (Lipinski definition) is 1. The lowest BCUT2D eigenvalue weighted by molar-refractivity contribution is 0.906. The van der Waals surface area contributed by atoms with Gasteiger partial charge in [0.05, 0.1) is 5.69 Å². The van der Waals surface area contributed by atoms with E-state index in [1.165, 1.54) is 6.33 Å². The van der Waals surface area contributed by atoms with Crippen LogP contribution in [0.15, 0.2) is 11.3 Å². The van der Waals surface area contributed by atoms with Crippen LogP contribution in [0.4, 0.5) is 11.5 Å². The molecule has 0 saturated heterocycles. The summed E-state index contributed by atoms with van der Waals surface area (Å²) in [6.45, 7) is 5.97. The second kappa shape index (κ2) is 3.98. The normalized spacial score (nSPS) is 11.4. The Morgan fingerprint density at radius 3 is 2.69 bits per heavy atom. The van der Waals surface area contributed by atoms with Gasteiger partial charge in [-0.15, -0.1) is 0 Å². The van der Waals surface area contributed by atoms with Crippen LogP contribution in [0.5, 0.6) is 0 Å². The minimum atomic E-state index is 0.402. The van der Waals surface area contributed by atoms with Gasteiger partial charge >= 0.3 is 0 Å². The average Bonchev–Trinajstić information content (AvgIpc) is 2.03. The highest BCUT2D eigenvalue weighted by Gasteiger charge is 2.02. The highest BCUT2D eigenvalue weighted by atomic mass is 15.0. The van der Waals surface area contributed by atoms with E-state index in [2.05, 4.69) is 28.8 Å². The average molecular weight is 178 g/mol. The topological polar surface area (TPSA) is 64.2 Å². The van der Waals surface area contributed by atoms with Gasteiger partial charge in [0.15, 0.2) is 5.82 Å². The standard InChI is InChI=1S/C9H14N4/c1-6(2)4-11-8-7(3)12-5-13-9(8)10/h4-6H,1-3H3,(H2,10,12,13)/b11-4-. The number of aromatic nitrogens is 2. The van der Waals surface area contributed by atoms with E-state index < -0.39 is 0 Å². The quantitative estimate of drug-likeness (QED) is 0.701. The van der Waals surface area contributed by atoms with Crippen molar-refractivity contribution in [3.05, 3.63) is 12.0 Å². The first-order valence-corrected chi connectivity index (χ1v) is 4.22. The summed E-state index contributed by atoms with van der Waals surface area (Å²) in [5.74, 6) is 0.836. The Kier molecular flexibility index (Phi) is 2.95. The molecule has 2 N–H and O–H groups in total. The molecule has 0 saturated carbocycles. The molecule has 0 bridgehead atoms. The second-order valence-electron chi connectivity index (χ2n) is 3.22. The molecule has 13 heavy (non-hydrogen) atoms. The molecule has 1 heterocycles. The van der Waals surface area contributed by atoms with Crippen molar-refractivity contribution in [2.45, 2.75) is 20.8 Å². The van der Waals surface area contributed by atoms with Crippen molar-refractivity contribution < 1.29 is 0 Å². The Bertz CT molecular complexity index is 297. The summed E-state index contributed by atoms with van der Waals surface area (Å²) < 4.78 is 0. The van der Waals surface area contributed by atoms with Crippen LogP contribution in [0, 0.1) is 12.8 Å². The zero-order valence-corrected chi connectivity index (χ0v) is 8.15. The Morgan fingerprint density at radius 1 is 1.46 bits per heavy atom. The van der Waals surface area contributed by atoms with Crippen LogP contribution in [0.1, 0.15) is 19.5 Å². The number of nitrogens with zero attached hydrogens (tertiary/aromatic N) is 3. The van der Waals surface area contributed by atoms with Crippen molar-refractivity contribution in [1.82, 2.24) is 9.97 Å². The molecule has 1 aromatic heterocycles. The summed E-state index contributed by atoms with van der Waals surface area (Å²) >= 11 is 0. The van der Waals surface area contributed by atoms with Crippen LogP contribution in [0.2, 0.25) is 0 Å². The summed E-state index contributed by atoms with van der Waals surface area (Å²) in [5, 5.41) is 0. The van der Waals surface area contributed by atoms with Gasteiger partial charge in [-0.2, -0.15) is 0 Å². The van der Waals surface area contributed by atoms with E-state index in [1.54, 1.807) is 0 Å². The number of rotatable bonds is 2. The molecule has 1 aromatic rings. The van der Waals surface area contributed by atoms with E-state index in [1.807, 2.05) is 13.1 Å². The van der Waals surface area contributed by atoms with Crippen molar-refractivity contribution in [2.24, 2.45) is 10.9 Å². The predicted octanol–water partition coefficient (Wildman–Crippen LogP) is 1.73. The van der Waals surface area contributed by atoms with Gasteiger partial charge in [-0.1, -0.05) is 13.8 Å². The predicted molar refractivity (Wildman–Crippen MR) is 54.2 cm³/mol. The highest BCUT2D eigenvalue weighted by molar-refractivity contribution is 5.70. The maximum atomic E-state index is 5.64. The Hall–Kier alpha value is -1.45. The van der Waals surface area contributed by atoms with E-state index in [9.17, 15) is 0 Å². The summed E-state index contributed by atoms with van der Waals surface area (Å²) in [5.41, 5.74) is 7.13. The number of hydrogen-bond acceptors (Lipinski definition) is 4. The molecule has 0 spiro atoms. The maximum Gasteiger partial charge on any atom is 0.153 e. The minimum Gasteiger partial charge on any atom is -0.382 e. The molecule has 0 aromatic carbocycles. The number of anilines is 1. The van der Waals surface area contributed by atoms with Gasteiger partial charge in [-0.25, -0.2) is 9.97 Å². The molecule has 0 radical (unpaired) electrons. The molecule has 0 aliphatic carbocycles. The third-order valence-electron chi connectivity index (χ3n) is 1.54. The van der Waals surface area contributed by atoms with Crippen LogP contribution < -0.4 is 5.73 Å². The van der Waals surface area contributed by atoms with E-state index >= 15 is 0 Å². The van der Waals surface area contributed by atoms with Crippen molar-refractivity contribution in [1.29, 1.82) is 0 Å². The summed E-state index contributed by atoms with van der Waals surface area (Å²) in [7, 11) is 0. The maximum absolute atomic E-state index is 5.64. The number of aliphatic imine (C=N–C) groups is 1. The molecule has 0 unspecified atom stereocenters. The van der Waals surface area contributed by atoms with Gasteiger partial charge in [0, 0.05) is 6.21 Å². The number of aryl methyl sites for hydroxylation is 1. The Labute approximate surface area is 77.9 Å².